The van der Waals surface area contributed by atoms with Crippen LogP contribution >= 0.6 is 0 Å². The summed E-state index contributed by atoms with van der Waals surface area (Å²) in [5, 5.41) is 3.52. The first-order valence-corrected chi connectivity index (χ1v) is 6.02. The van der Waals surface area contributed by atoms with Crippen LogP contribution in [0.15, 0.2) is 42.5 Å². The van der Waals surface area contributed by atoms with Crippen LogP contribution in [-0.4, -0.2) is 0 Å². The Balaban J connectivity index is 2.10. The average molecular weight is 225 g/mol. The van der Waals surface area contributed by atoms with E-state index in [2.05, 4.69) is 68.6 Å². The summed E-state index contributed by atoms with van der Waals surface area (Å²) < 4.78 is 0. The molecule has 0 aliphatic carbocycles. The minimum absolute atomic E-state index is 0.881. The van der Waals surface area contributed by atoms with Gasteiger partial charge in [-0.2, -0.15) is 0 Å². The van der Waals surface area contributed by atoms with Crippen molar-refractivity contribution in [2.24, 2.45) is 0 Å². The quantitative estimate of drug-likeness (QED) is 0.824. The molecule has 0 aliphatic rings. The first-order chi connectivity index (χ1) is 8.16. The number of para-hydroxylation sites is 1. The normalized spacial score (nSPS) is 10.3. The van der Waals surface area contributed by atoms with Crippen LogP contribution in [-0.2, 0) is 6.54 Å². The molecule has 0 heterocycles. The molecule has 0 radical (unpaired) electrons. The molecule has 1 N–H and O–H groups in total. The molecule has 0 saturated carbocycles. The topological polar surface area (TPSA) is 12.0 Å². The van der Waals surface area contributed by atoms with Crippen LogP contribution in [0.1, 0.15) is 22.3 Å². The molecule has 0 fully saturated rings. The number of aryl methyl sites for hydroxylation is 3. The Hall–Kier alpha value is -1.76. The van der Waals surface area contributed by atoms with Gasteiger partial charge in [0, 0.05) is 12.2 Å². The maximum atomic E-state index is 3.52. The second kappa shape index (κ2) is 5.05. The van der Waals surface area contributed by atoms with E-state index in [4.69, 9.17) is 0 Å². The Morgan fingerprint density at radius 1 is 0.824 bits per heavy atom. The van der Waals surface area contributed by atoms with E-state index >= 15 is 0 Å². The summed E-state index contributed by atoms with van der Waals surface area (Å²) in [5.41, 5.74) is 6.49. The van der Waals surface area contributed by atoms with Gasteiger partial charge in [0.15, 0.2) is 0 Å². The molecule has 2 aromatic carbocycles. The zero-order valence-electron chi connectivity index (χ0n) is 10.7. The third-order valence-corrected chi connectivity index (χ3v) is 3.07. The Kier molecular flexibility index (Phi) is 3.48. The third-order valence-electron chi connectivity index (χ3n) is 3.07. The summed E-state index contributed by atoms with van der Waals surface area (Å²) in [5.74, 6) is 0. The second-order valence-corrected chi connectivity index (χ2v) is 4.61. The minimum Gasteiger partial charge on any atom is -0.381 e. The summed E-state index contributed by atoms with van der Waals surface area (Å²) in [6, 6.07) is 15.0. The molecule has 1 nitrogen and oxygen atoms in total. The summed E-state index contributed by atoms with van der Waals surface area (Å²) >= 11 is 0. The first kappa shape index (κ1) is 11.7. The lowest BCUT2D eigenvalue weighted by Crippen LogP contribution is -2.02. The number of hydrogen-bond donors (Lipinski definition) is 1. The molecular weight excluding hydrogens is 206 g/mol. The van der Waals surface area contributed by atoms with Crippen LogP contribution in [0.4, 0.5) is 5.69 Å². The SMILES string of the molecule is Cc1ccc(CNc2c(C)cccc2C)cc1. The van der Waals surface area contributed by atoms with Crippen molar-refractivity contribution < 1.29 is 0 Å². The third kappa shape index (κ3) is 2.88. The van der Waals surface area contributed by atoms with E-state index in [9.17, 15) is 0 Å². The Morgan fingerprint density at radius 3 is 2.00 bits per heavy atom. The van der Waals surface area contributed by atoms with Gasteiger partial charge in [-0.3, -0.25) is 0 Å². The van der Waals surface area contributed by atoms with Crippen molar-refractivity contribution in [3.63, 3.8) is 0 Å². The van der Waals surface area contributed by atoms with Gasteiger partial charge in [-0.05, 0) is 37.5 Å². The lowest BCUT2D eigenvalue weighted by molar-refractivity contribution is 1.13. The summed E-state index contributed by atoms with van der Waals surface area (Å²) in [4.78, 5) is 0. The fraction of sp³-hybridized carbons (Fsp3) is 0.250. The molecule has 0 atom stereocenters. The van der Waals surface area contributed by atoms with Crippen LogP contribution in [0, 0.1) is 20.8 Å². The second-order valence-electron chi connectivity index (χ2n) is 4.61. The van der Waals surface area contributed by atoms with Gasteiger partial charge in [-0.15, -0.1) is 0 Å². The molecule has 0 spiro atoms. The smallest absolute Gasteiger partial charge is 0.0402 e. The Bertz CT molecular complexity index is 477. The van der Waals surface area contributed by atoms with E-state index in [0.717, 1.165) is 6.54 Å². The van der Waals surface area contributed by atoms with Gasteiger partial charge in [-0.1, -0.05) is 48.0 Å². The van der Waals surface area contributed by atoms with E-state index in [0.29, 0.717) is 0 Å². The lowest BCUT2D eigenvalue weighted by atomic mass is 10.1. The van der Waals surface area contributed by atoms with Crippen molar-refractivity contribution in [2.45, 2.75) is 27.3 Å². The van der Waals surface area contributed by atoms with Gasteiger partial charge in [0.25, 0.3) is 0 Å². The Morgan fingerprint density at radius 2 is 1.41 bits per heavy atom. The average Bonchev–Trinajstić information content (AvgIpc) is 2.31. The number of benzene rings is 2. The van der Waals surface area contributed by atoms with Gasteiger partial charge in [0.1, 0.15) is 0 Å². The highest BCUT2D eigenvalue weighted by atomic mass is 14.9. The molecular formula is C16H19N. The van der Waals surface area contributed by atoms with Gasteiger partial charge >= 0.3 is 0 Å². The Labute approximate surface area is 103 Å². The highest BCUT2D eigenvalue weighted by Gasteiger charge is 2.01. The largest absolute Gasteiger partial charge is 0.381 e. The van der Waals surface area contributed by atoms with E-state index < -0.39 is 0 Å². The predicted molar refractivity (Wildman–Crippen MR) is 74.4 cm³/mol. The van der Waals surface area contributed by atoms with Crippen molar-refractivity contribution in [1.29, 1.82) is 0 Å². The molecule has 0 unspecified atom stereocenters. The van der Waals surface area contributed by atoms with Crippen molar-refractivity contribution in [3.05, 3.63) is 64.7 Å². The van der Waals surface area contributed by atoms with Crippen molar-refractivity contribution in [2.75, 3.05) is 5.32 Å². The minimum atomic E-state index is 0.881. The van der Waals surface area contributed by atoms with Gasteiger partial charge < -0.3 is 5.32 Å². The van der Waals surface area contributed by atoms with E-state index in [1.165, 1.54) is 27.9 Å². The number of rotatable bonds is 3. The maximum Gasteiger partial charge on any atom is 0.0402 e. The molecule has 2 aromatic rings. The van der Waals surface area contributed by atoms with E-state index in [-0.39, 0.29) is 0 Å². The number of hydrogen-bond acceptors (Lipinski definition) is 1. The molecule has 0 saturated heterocycles. The fourth-order valence-electron chi connectivity index (χ4n) is 1.99. The van der Waals surface area contributed by atoms with Crippen molar-refractivity contribution in [1.82, 2.24) is 0 Å². The fourth-order valence-corrected chi connectivity index (χ4v) is 1.99. The van der Waals surface area contributed by atoms with Crippen LogP contribution in [0.3, 0.4) is 0 Å². The molecule has 0 aliphatic heterocycles. The van der Waals surface area contributed by atoms with Crippen LogP contribution < -0.4 is 5.32 Å². The van der Waals surface area contributed by atoms with Crippen molar-refractivity contribution in [3.8, 4) is 0 Å². The van der Waals surface area contributed by atoms with E-state index in [1.807, 2.05) is 0 Å². The predicted octanol–water partition coefficient (Wildman–Crippen LogP) is 4.22. The summed E-state index contributed by atoms with van der Waals surface area (Å²) in [7, 11) is 0. The molecule has 0 amide bonds. The first-order valence-electron chi connectivity index (χ1n) is 6.02. The molecule has 88 valence electrons. The van der Waals surface area contributed by atoms with Gasteiger partial charge in [0.2, 0.25) is 0 Å². The van der Waals surface area contributed by atoms with E-state index in [1.54, 1.807) is 0 Å². The maximum absolute atomic E-state index is 3.52. The monoisotopic (exact) mass is 225 g/mol. The summed E-state index contributed by atoms with van der Waals surface area (Å²) in [6.07, 6.45) is 0. The molecule has 0 bridgehead atoms. The zero-order valence-corrected chi connectivity index (χ0v) is 10.7. The standard InChI is InChI=1S/C16H19N/c1-12-7-9-15(10-8-12)11-17-16-13(2)5-4-6-14(16)3/h4-10,17H,11H2,1-3H3. The lowest BCUT2D eigenvalue weighted by Gasteiger charge is -2.12. The van der Waals surface area contributed by atoms with Crippen LogP contribution in [0.5, 0.6) is 0 Å². The van der Waals surface area contributed by atoms with Crippen molar-refractivity contribution >= 4 is 5.69 Å². The number of anilines is 1. The summed E-state index contributed by atoms with van der Waals surface area (Å²) in [6.45, 7) is 7.28. The molecule has 0 aromatic heterocycles. The molecule has 1 heteroatoms. The molecule has 17 heavy (non-hydrogen) atoms. The molecule has 2 rings (SSSR count). The van der Waals surface area contributed by atoms with Gasteiger partial charge in [-0.25, -0.2) is 0 Å². The highest BCUT2D eigenvalue weighted by Crippen LogP contribution is 2.20. The highest BCUT2D eigenvalue weighted by molar-refractivity contribution is 5.56. The zero-order chi connectivity index (χ0) is 12.3. The number of nitrogens with one attached hydrogen (secondary N) is 1. The van der Waals surface area contributed by atoms with Crippen LogP contribution in [0.2, 0.25) is 0 Å². The van der Waals surface area contributed by atoms with Gasteiger partial charge in [0.05, 0.1) is 0 Å². The van der Waals surface area contributed by atoms with Crippen LogP contribution in [0.25, 0.3) is 0 Å².